The topological polar surface area (TPSA) is 173 Å². The van der Waals surface area contributed by atoms with E-state index in [0.717, 1.165) is 24.5 Å². The third-order valence-corrected chi connectivity index (χ3v) is 5.60. The van der Waals surface area contributed by atoms with E-state index < -0.39 is 41.3 Å². The molecule has 2 rings (SSSR count). The number of hydrogen-bond donors (Lipinski definition) is 1. The van der Waals surface area contributed by atoms with Gasteiger partial charge in [-0.15, -0.1) is 0 Å². The van der Waals surface area contributed by atoms with E-state index in [2.05, 4.69) is 0 Å². The summed E-state index contributed by atoms with van der Waals surface area (Å²) in [6.45, 7) is -0.290. The number of nitro benzene ring substituents is 1. The molecule has 0 radical (unpaired) electrons. The number of nitrogens with zero attached hydrogens (tertiary/aromatic N) is 1. The molecule has 0 saturated heterocycles. The Morgan fingerprint density at radius 2 is 1.69 bits per heavy atom. The molecular weight excluding hydrogens is 428 g/mol. The SMILES string of the molecule is CS(=O)(=O)c1ccc(C(=O)OCCOc2ccc(S(N)(=O)=O)cc2)cc1[N+](=O)[O-]. The molecule has 0 aliphatic carbocycles. The summed E-state index contributed by atoms with van der Waals surface area (Å²) < 4.78 is 55.7. The first kappa shape index (κ1) is 22.3. The molecule has 0 bridgehead atoms. The molecule has 2 N–H and O–H groups in total. The van der Waals surface area contributed by atoms with Crippen LogP contribution in [0, 0.1) is 10.1 Å². The third-order valence-electron chi connectivity index (χ3n) is 3.53. The molecule has 0 heterocycles. The van der Waals surface area contributed by atoms with Gasteiger partial charge in [-0.25, -0.2) is 26.8 Å². The lowest BCUT2D eigenvalue weighted by molar-refractivity contribution is -0.387. The number of rotatable bonds is 8. The third kappa shape index (κ3) is 5.97. The van der Waals surface area contributed by atoms with E-state index in [0.29, 0.717) is 5.75 Å². The van der Waals surface area contributed by atoms with Gasteiger partial charge in [0, 0.05) is 12.3 Å². The van der Waals surface area contributed by atoms with Crippen molar-refractivity contribution in [2.75, 3.05) is 19.5 Å². The molecule has 0 aliphatic heterocycles. The van der Waals surface area contributed by atoms with Crippen LogP contribution in [0.4, 0.5) is 5.69 Å². The molecule has 29 heavy (non-hydrogen) atoms. The molecular formula is C16H16N2O9S2. The fraction of sp³-hybridized carbons (Fsp3) is 0.188. The standard InChI is InChI=1S/C16H16N2O9S2/c1-28(22,23)15-7-2-11(10-14(15)18(20)21)16(19)27-9-8-26-12-3-5-13(6-4-12)29(17,24)25/h2-7,10H,8-9H2,1H3,(H2,17,24,25). The number of sulfone groups is 1. The predicted molar refractivity (Wildman–Crippen MR) is 99.8 cm³/mol. The predicted octanol–water partition coefficient (Wildman–Crippen LogP) is 0.882. The van der Waals surface area contributed by atoms with Crippen molar-refractivity contribution in [2.45, 2.75) is 9.79 Å². The smallest absolute Gasteiger partial charge is 0.338 e. The number of hydrogen-bond acceptors (Lipinski definition) is 9. The fourth-order valence-corrected chi connectivity index (χ4v) is 3.55. The number of primary sulfonamides is 1. The van der Waals surface area contributed by atoms with E-state index in [-0.39, 0.29) is 23.7 Å². The van der Waals surface area contributed by atoms with Gasteiger partial charge in [-0.2, -0.15) is 0 Å². The summed E-state index contributed by atoms with van der Waals surface area (Å²) in [4.78, 5) is 21.6. The van der Waals surface area contributed by atoms with Gasteiger partial charge in [0.25, 0.3) is 5.69 Å². The van der Waals surface area contributed by atoms with Crippen LogP contribution in [0.1, 0.15) is 10.4 Å². The van der Waals surface area contributed by atoms with E-state index in [4.69, 9.17) is 14.6 Å². The van der Waals surface area contributed by atoms with Crippen LogP contribution in [0.5, 0.6) is 5.75 Å². The summed E-state index contributed by atoms with van der Waals surface area (Å²) in [5.74, 6) is -0.595. The summed E-state index contributed by atoms with van der Waals surface area (Å²) in [5, 5.41) is 16.0. The minimum atomic E-state index is -3.84. The number of esters is 1. The number of benzene rings is 2. The van der Waals surface area contributed by atoms with Crippen molar-refractivity contribution in [1.82, 2.24) is 0 Å². The highest BCUT2D eigenvalue weighted by Gasteiger charge is 2.24. The van der Waals surface area contributed by atoms with E-state index in [1.165, 1.54) is 24.3 Å². The summed E-state index contributed by atoms with van der Waals surface area (Å²) in [6.07, 6.45) is 0.820. The second-order valence-corrected chi connectivity index (χ2v) is 9.26. The molecule has 0 spiro atoms. The highest BCUT2D eigenvalue weighted by Crippen LogP contribution is 2.25. The lowest BCUT2D eigenvalue weighted by Crippen LogP contribution is -2.14. The molecule has 0 atom stereocenters. The quantitative estimate of drug-likeness (QED) is 0.268. The molecule has 0 unspecified atom stereocenters. The average Bonchev–Trinajstić information content (AvgIpc) is 2.63. The molecule has 2 aromatic rings. The van der Waals surface area contributed by atoms with Crippen molar-refractivity contribution in [1.29, 1.82) is 0 Å². The average molecular weight is 444 g/mol. The fourth-order valence-electron chi connectivity index (χ4n) is 2.20. The zero-order chi connectivity index (χ0) is 21.8. The summed E-state index contributed by atoms with van der Waals surface area (Å²) in [6, 6.07) is 8.14. The number of carbonyl (C=O) groups excluding carboxylic acids is 1. The van der Waals surface area contributed by atoms with Crippen LogP contribution in [0.25, 0.3) is 0 Å². The molecule has 0 fully saturated rings. The van der Waals surface area contributed by atoms with Crippen LogP contribution in [-0.4, -0.2) is 47.2 Å². The normalized spacial score (nSPS) is 11.7. The summed E-state index contributed by atoms with van der Waals surface area (Å²) >= 11 is 0. The van der Waals surface area contributed by atoms with Gasteiger partial charge in [0.1, 0.15) is 23.9 Å². The highest BCUT2D eigenvalue weighted by atomic mass is 32.2. The zero-order valence-electron chi connectivity index (χ0n) is 15.0. The van der Waals surface area contributed by atoms with Crippen molar-refractivity contribution in [2.24, 2.45) is 5.14 Å². The lowest BCUT2D eigenvalue weighted by Gasteiger charge is -2.08. The Morgan fingerprint density at radius 3 is 2.21 bits per heavy atom. The molecule has 0 saturated carbocycles. The van der Waals surface area contributed by atoms with Gasteiger partial charge in [-0.1, -0.05) is 0 Å². The first-order chi connectivity index (χ1) is 13.4. The molecule has 13 heteroatoms. The van der Waals surface area contributed by atoms with E-state index >= 15 is 0 Å². The number of ether oxygens (including phenoxy) is 2. The van der Waals surface area contributed by atoms with E-state index in [9.17, 15) is 31.7 Å². The molecule has 11 nitrogen and oxygen atoms in total. The van der Waals surface area contributed by atoms with Gasteiger partial charge in [-0.05, 0) is 36.4 Å². The highest BCUT2D eigenvalue weighted by molar-refractivity contribution is 7.90. The second-order valence-electron chi connectivity index (χ2n) is 5.71. The second kappa shape index (κ2) is 8.55. The Bertz CT molecular complexity index is 1140. The maximum absolute atomic E-state index is 12.0. The van der Waals surface area contributed by atoms with Crippen LogP contribution in [0.3, 0.4) is 0 Å². The van der Waals surface area contributed by atoms with Crippen molar-refractivity contribution in [3.8, 4) is 5.75 Å². The Labute approximate surface area is 166 Å². The first-order valence-corrected chi connectivity index (χ1v) is 11.2. The summed E-state index contributed by atoms with van der Waals surface area (Å²) in [5.41, 5.74) is -0.922. The zero-order valence-corrected chi connectivity index (χ0v) is 16.6. The van der Waals surface area contributed by atoms with Gasteiger partial charge in [-0.3, -0.25) is 10.1 Å². The van der Waals surface area contributed by atoms with Crippen LogP contribution in [-0.2, 0) is 24.6 Å². The minimum Gasteiger partial charge on any atom is -0.490 e. The van der Waals surface area contributed by atoms with Crippen LogP contribution < -0.4 is 9.88 Å². The number of carbonyl (C=O) groups is 1. The Kier molecular flexibility index (Phi) is 6.56. The lowest BCUT2D eigenvalue weighted by atomic mass is 10.2. The van der Waals surface area contributed by atoms with E-state index in [1.807, 2.05) is 0 Å². The van der Waals surface area contributed by atoms with Gasteiger partial charge >= 0.3 is 5.97 Å². The Hall–Kier alpha value is -3.03. The summed E-state index contributed by atoms with van der Waals surface area (Å²) in [7, 11) is -7.66. The van der Waals surface area contributed by atoms with Crippen LogP contribution >= 0.6 is 0 Å². The molecule has 2 aromatic carbocycles. The molecule has 0 aromatic heterocycles. The Morgan fingerprint density at radius 1 is 1.07 bits per heavy atom. The van der Waals surface area contributed by atoms with Gasteiger partial charge in [0.15, 0.2) is 9.84 Å². The van der Waals surface area contributed by atoms with E-state index in [1.54, 1.807) is 0 Å². The largest absolute Gasteiger partial charge is 0.490 e. The van der Waals surface area contributed by atoms with Gasteiger partial charge in [0.05, 0.1) is 15.4 Å². The van der Waals surface area contributed by atoms with Crippen molar-refractivity contribution >= 4 is 31.5 Å². The van der Waals surface area contributed by atoms with Gasteiger partial charge in [0.2, 0.25) is 10.0 Å². The van der Waals surface area contributed by atoms with Crippen LogP contribution in [0.2, 0.25) is 0 Å². The molecule has 0 amide bonds. The number of sulfonamides is 1. The van der Waals surface area contributed by atoms with Crippen molar-refractivity contribution < 1.29 is 36.0 Å². The number of nitrogens with two attached hydrogens (primary N) is 1. The maximum atomic E-state index is 12.0. The Balaban J connectivity index is 1.97. The monoisotopic (exact) mass is 444 g/mol. The van der Waals surface area contributed by atoms with Crippen LogP contribution in [0.15, 0.2) is 52.3 Å². The van der Waals surface area contributed by atoms with Crippen molar-refractivity contribution in [3.05, 3.63) is 58.1 Å². The maximum Gasteiger partial charge on any atom is 0.338 e. The minimum absolute atomic E-state index is 0.0794. The van der Waals surface area contributed by atoms with Gasteiger partial charge < -0.3 is 9.47 Å². The molecule has 156 valence electrons. The molecule has 0 aliphatic rings. The first-order valence-electron chi connectivity index (χ1n) is 7.81. The number of nitro groups is 1. The van der Waals surface area contributed by atoms with Crippen molar-refractivity contribution in [3.63, 3.8) is 0 Å².